The van der Waals surface area contributed by atoms with Gasteiger partial charge in [-0.1, -0.05) is 26.0 Å². The van der Waals surface area contributed by atoms with Gasteiger partial charge in [-0.3, -0.25) is 9.89 Å². The quantitative estimate of drug-likeness (QED) is 0.761. The van der Waals surface area contributed by atoms with Crippen molar-refractivity contribution in [3.05, 3.63) is 29.5 Å². The zero-order valence-electron chi connectivity index (χ0n) is 9.16. The molecule has 3 nitrogen and oxygen atoms in total. The Morgan fingerprint density at radius 2 is 2.13 bits per heavy atom. The number of aromatic nitrogens is 2. The van der Waals surface area contributed by atoms with Crippen LogP contribution in [0.2, 0.25) is 0 Å². The molecule has 2 rings (SSSR count). The number of H-pyrrole nitrogens is 1. The van der Waals surface area contributed by atoms with Crippen LogP contribution >= 0.6 is 0 Å². The molecular weight excluding hydrogens is 188 g/mol. The van der Waals surface area contributed by atoms with Crippen molar-refractivity contribution < 1.29 is 4.79 Å². The lowest BCUT2D eigenvalue weighted by Crippen LogP contribution is -1.92. The number of hydrogen-bond donors (Lipinski definition) is 1. The number of hydrogen-bond acceptors (Lipinski definition) is 2. The summed E-state index contributed by atoms with van der Waals surface area (Å²) in [5.41, 5.74) is 2.72. The average Bonchev–Trinajstić information content (AvgIpc) is 2.59. The Kier molecular flexibility index (Phi) is 2.31. The molecule has 0 atom stereocenters. The molecule has 0 saturated heterocycles. The topological polar surface area (TPSA) is 45.8 Å². The normalized spacial score (nSPS) is 11.2. The number of carbonyl (C=O) groups is 1. The molecule has 0 aliphatic heterocycles. The first-order valence-electron chi connectivity index (χ1n) is 5.08. The molecule has 0 aliphatic rings. The van der Waals surface area contributed by atoms with E-state index in [1.54, 1.807) is 0 Å². The van der Waals surface area contributed by atoms with Crippen LogP contribution in [0.4, 0.5) is 0 Å². The average molecular weight is 202 g/mol. The standard InChI is InChI=1S/C12H14N2O/c1-7(2)9-4-5-10-11(6-9)13-14-12(10)8(3)15/h4-7H,1-3H3,(H,13,14). The Hall–Kier alpha value is -1.64. The molecule has 1 aromatic heterocycles. The van der Waals surface area contributed by atoms with Gasteiger partial charge in [0.15, 0.2) is 5.78 Å². The molecule has 1 N–H and O–H groups in total. The third kappa shape index (κ3) is 1.65. The second-order valence-electron chi connectivity index (χ2n) is 4.09. The van der Waals surface area contributed by atoms with Gasteiger partial charge in [0.25, 0.3) is 0 Å². The molecule has 0 unspecified atom stereocenters. The van der Waals surface area contributed by atoms with E-state index in [0.717, 1.165) is 10.9 Å². The molecule has 0 radical (unpaired) electrons. The van der Waals surface area contributed by atoms with E-state index < -0.39 is 0 Å². The molecule has 0 saturated carbocycles. The fraction of sp³-hybridized carbons (Fsp3) is 0.333. The van der Waals surface area contributed by atoms with Crippen molar-refractivity contribution in [1.29, 1.82) is 0 Å². The zero-order valence-corrected chi connectivity index (χ0v) is 9.16. The summed E-state index contributed by atoms with van der Waals surface area (Å²) < 4.78 is 0. The summed E-state index contributed by atoms with van der Waals surface area (Å²) in [4.78, 5) is 11.3. The lowest BCUT2D eigenvalue weighted by Gasteiger charge is -2.04. The minimum atomic E-state index is -0.00135. The highest BCUT2D eigenvalue weighted by Crippen LogP contribution is 2.22. The number of Topliss-reactive ketones (excluding diaryl/α,β-unsaturated/α-hetero) is 1. The minimum Gasteiger partial charge on any atom is -0.293 e. The first-order valence-corrected chi connectivity index (χ1v) is 5.08. The summed E-state index contributed by atoms with van der Waals surface area (Å²) in [6, 6.07) is 6.07. The highest BCUT2D eigenvalue weighted by molar-refractivity contribution is 6.04. The van der Waals surface area contributed by atoms with Crippen LogP contribution in [0.15, 0.2) is 18.2 Å². The van der Waals surface area contributed by atoms with E-state index in [-0.39, 0.29) is 5.78 Å². The van der Waals surface area contributed by atoms with Crippen molar-refractivity contribution in [3.8, 4) is 0 Å². The molecule has 1 aromatic carbocycles. The van der Waals surface area contributed by atoms with Crippen molar-refractivity contribution in [1.82, 2.24) is 10.2 Å². The fourth-order valence-corrected chi connectivity index (χ4v) is 1.66. The molecule has 0 bridgehead atoms. The summed E-state index contributed by atoms with van der Waals surface area (Å²) in [6.07, 6.45) is 0. The number of nitrogens with zero attached hydrogens (tertiary/aromatic N) is 1. The van der Waals surface area contributed by atoms with E-state index in [9.17, 15) is 4.79 Å². The molecule has 78 valence electrons. The summed E-state index contributed by atoms with van der Waals surface area (Å²) in [5, 5.41) is 7.82. The van der Waals surface area contributed by atoms with Crippen molar-refractivity contribution in [2.75, 3.05) is 0 Å². The summed E-state index contributed by atoms with van der Waals surface area (Å²) in [5.74, 6) is 0.483. The van der Waals surface area contributed by atoms with Crippen molar-refractivity contribution in [3.63, 3.8) is 0 Å². The number of fused-ring (bicyclic) bond motifs is 1. The monoisotopic (exact) mass is 202 g/mol. The van der Waals surface area contributed by atoms with Crippen LogP contribution in [-0.2, 0) is 0 Å². The third-order valence-corrected chi connectivity index (χ3v) is 2.59. The van der Waals surface area contributed by atoms with Crippen molar-refractivity contribution in [2.24, 2.45) is 0 Å². The highest BCUT2D eigenvalue weighted by Gasteiger charge is 2.10. The Morgan fingerprint density at radius 3 is 2.73 bits per heavy atom. The predicted molar refractivity (Wildman–Crippen MR) is 60.2 cm³/mol. The van der Waals surface area contributed by atoms with E-state index in [0.29, 0.717) is 11.6 Å². The largest absolute Gasteiger partial charge is 0.293 e. The number of nitrogens with one attached hydrogen (secondary N) is 1. The number of benzene rings is 1. The molecule has 0 aliphatic carbocycles. The Labute approximate surface area is 88.5 Å². The molecule has 0 spiro atoms. The van der Waals surface area contributed by atoms with Crippen LogP contribution in [0.1, 0.15) is 42.7 Å². The molecule has 15 heavy (non-hydrogen) atoms. The van der Waals surface area contributed by atoms with Gasteiger partial charge in [-0.15, -0.1) is 0 Å². The maximum absolute atomic E-state index is 11.3. The lowest BCUT2D eigenvalue weighted by atomic mass is 10.0. The van der Waals surface area contributed by atoms with E-state index in [1.807, 2.05) is 6.07 Å². The lowest BCUT2D eigenvalue weighted by molar-refractivity contribution is 0.101. The van der Waals surface area contributed by atoms with Crippen LogP contribution in [0.3, 0.4) is 0 Å². The van der Waals surface area contributed by atoms with Crippen molar-refractivity contribution in [2.45, 2.75) is 26.7 Å². The molecule has 0 amide bonds. The van der Waals surface area contributed by atoms with Gasteiger partial charge >= 0.3 is 0 Å². The van der Waals surface area contributed by atoms with Crippen LogP contribution in [-0.4, -0.2) is 16.0 Å². The van der Waals surface area contributed by atoms with Gasteiger partial charge < -0.3 is 0 Å². The number of carbonyl (C=O) groups excluding carboxylic acids is 1. The van der Waals surface area contributed by atoms with E-state index in [4.69, 9.17) is 0 Å². The summed E-state index contributed by atoms with van der Waals surface area (Å²) in [6.45, 7) is 5.82. The third-order valence-electron chi connectivity index (χ3n) is 2.59. The van der Waals surface area contributed by atoms with Gasteiger partial charge in [-0.2, -0.15) is 5.10 Å². The number of rotatable bonds is 2. The molecule has 0 fully saturated rings. The van der Waals surface area contributed by atoms with Gasteiger partial charge in [-0.05, 0) is 17.5 Å². The Bertz CT molecular complexity index is 511. The summed E-state index contributed by atoms with van der Waals surface area (Å²) in [7, 11) is 0. The first kappa shape index (κ1) is 9.90. The van der Waals surface area contributed by atoms with Gasteiger partial charge in [0.2, 0.25) is 0 Å². The Balaban J connectivity index is 2.61. The van der Waals surface area contributed by atoms with Crippen LogP contribution < -0.4 is 0 Å². The van der Waals surface area contributed by atoms with Crippen molar-refractivity contribution >= 4 is 16.7 Å². The Morgan fingerprint density at radius 1 is 1.40 bits per heavy atom. The summed E-state index contributed by atoms with van der Waals surface area (Å²) >= 11 is 0. The molecule has 2 aromatic rings. The van der Waals surface area contributed by atoms with E-state index >= 15 is 0 Å². The van der Waals surface area contributed by atoms with Crippen LogP contribution in [0.5, 0.6) is 0 Å². The molecule has 1 heterocycles. The smallest absolute Gasteiger partial charge is 0.180 e. The second kappa shape index (κ2) is 3.50. The molecular formula is C12H14N2O. The maximum atomic E-state index is 11.3. The van der Waals surface area contributed by atoms with E-state index in [2.05, 4.69) is 36.2 Å². The van der Waals surface area contributed by atoms with Gasteiger partial charge in [-0.25, -0.2) is 0 Å². The number of ketones is 1. The fourth-order valence-electron chi connectivity index (χ4n) is 1.66. The van der Waals surface area contributed by atoms with Crippen LogP contribution in [0, 0.1) is 0 Å². The molecule has 3 heteroatoms. The SMILES string of the molecule is CC(=O)c1n[nH]c2cc(C(C)C)ccc12. The highest BCUT2D eigenvalue weighted by atomic mass is 16.1. The first-order chi connectivity index (χ1) is 7.09. The maximum Gasteiger partial charge on any atom is 0.180 e. The van der Waals surface area contributed by atoms with Crippen LogP contribution in [0.25, 0.3) is 10.9 Å². The van der Waals surface area contributed by atoms with Gasteiger partial charge in [0.1, 0.15) is 5.69 Å². The number of aromatic amines is 1. The van der Waals surface area contributed by atoms with E-state index in [1.165, 1.54) is 12.5 Å². The zero-order chi connectivity index (χ0) is 11.0. The minimum absolute atomic E-state index is 0.00135. The van der Waals surface area contributed by atoms with Gasteiger partial charge in [0, 0.05) is 12.3 Å². The predicted octanol–water partition coefficient (Wildman–Crippen LogP) is 2.89. The second-order valence-corrected chi connectivity index (χ2v) is 4.09. The van der Waals surface area contributed by atoms with Gasteiger partial charge in [0.05, 0.1) is 5.52 Å².